The number of esters is 1. The van der Waals surface area contributed by atoms with Crippen LogP contribution >= 0.6 is 0 Å². The maximum absolute atomic E-state index is 12.9. The zero-order valence-electron chi connectivity index (χ0n) is 16.0. The zero-order chi connectivity index (χ0) is 21.0. The minimum Gasteiger partial charge on any atom is -0.451 e. The number of amides is 1. The van der Waals surface area contributed by atoms with Crippen LogP contribution in [0.4, 0.5) is 10.1 Å². The van der Waals surface area contributed by atoms with E-state index in [0.29, 0.717) is 23.0 Å². The Labute approximate surface area is 166 Å². The number of nitrogens with zero attached hydrogens (tertiary/aromatic N) is 2. The summed E-state index contributed by atoms with van der Waals surface area (Å²) in [4.78, 5) is 37.2. The Kier molecular flexibility index (Phi) is 6.01. The molecule has 29 heavy (non-hydrogen) atoms. The fourth-order valence-corrected chi connectivity index (χ4v) is 2.79. The fraction of sp³-hybridized carbons (Fsp3) is 0.238. The highest BCUT2D eigenvalue weighted by Gasteiger charge is 2.19. The number of hydrogen-bond acceptors (Lipinski definition) is 5. The summed E-state index contributed by atoms with van der Waals surface area (Å²) in [5.74, 6) is -1.67. The number of nitrogens with one attached hydrogen (secondary N) is 1. The third-order valence-electron chi connectivity index (χ3n) is 4.06. The summed E-state index contributed by atoms with van der Waals surface area (Å²) < 4.78 is 19.2. The molecule has 0 saturated carbocycles. The van der Waals surface area contributed by atoms with Crippen molar-refractivity contribution in [3.05, 3.63) is 70.4 Å². The van der Waals surface area contributed by atoms with Crippen molar-refractivity contribution >= 4 is 28.3 Å². The standard InChI is InChI=1S/C21H20FN3O4/c1-13(2)11-25-20(27)17-6-4-3-5-16(17)19(24-25)21(28)29-12-18(26)23-15-9-7-14(22)8-10-15/h3-10,13H,11-12H2,1-2H3,(H,23,26). The van der Waals surface area contributed by atoms with E-state index < -0.39 is 24.3 Å². The molecule has 0 unspecified atom stereocenters. The minimum absolute atomic E-state index is 0.0320. The summed E-state index contributed by atoms with van der Waals surface area (Å²) in [6, 6.07) is 11.8. The van der Waals surface area contributed by atoms with Crippen LogP contribution in [0.25, 0.3) is 10.8 Å². The second kappa shape index (κ2) is 8.64. The topological polar surface area (TPSA) is 90.3 Å². The van der Waals surface area contributed by atoms with Gasteiger partial charge in [-0.25, -0.2) is 13.9 Å². The van der Waals surface area contributed by atoms with Crippen LogP contribution < -0.4 is 10.9 Å². The van der Waals surface area contributed by atoms with Gasteiger partial charge in [0.2, 0.25) is 0 Å². The number of carbonyl (C=O) groups is 2. The number of rotatable bonds is 6. The van der Waals surface area contributed by atoms with Gasteiger partial charge in [0.15, 0.2) is 12.3 Å². The molecule has 150 valence electrons. The first-order chi connectivity index (χ1) is 13.8. The molecule has 1 amide bonds. The van der Waals surface area contributed by atoms with Gasteiger partial charge >= 0.3 is 5.97 Å². The number of anilines is 1. The van der Waals surface area contributed by atoms with E-state index in [9.17, 15) is 18.8 Å². The average molecular weight is 397 g/mol. The largest absolute Gasteiger partial charge is 0.451 e. The minimum atomic E-state index is -0.812. The van der Waals surface area contributed by atoms with E-state index in [1.54, 1.807) is 24.3 Å². The van der Waals surface area contributed by atoms with Crippen molar-refractivity contribution in [1.29, 1.82) is 0 Å². The molecule has 0 aliphatic heterocycles. The van der Waals surface area contributed by atoms with Crippen LogP contribution in [0.3, 0.4) is 0 Å². The van der Waals surface area contributed by atoms with E-state index in [1.807, 2.05) is 13.8 Å². The Hall–Kier alpha value is -3.55. The fourth-order valence-electron chi connectivity index (χ4n) is 2.79. The predicted octanol–water partition coefficient (Wildman–Crippen LogP) is 2.99. The van der Waals surface area contributed by atoms with Crippen LogP contribution in [0.15, 0.2) is 53.3 Å². The Balaban J connectivity index is 1.79. The molecule has 1 N–H and O–H groups in total. The number of ether oxygens (including phenoxy) is 1. The number of benzene rings is 2. The van der Waals surface area contributed by atoms with Crippen molar-refractivity contribution in [3.63, 3.8) is 0 Å². The van der Waals surface area contributed by atoms with Crippen molar-refractivity contribution in [2.75, 3.05) is 11.9 Å². The molecule has 0 aliphatic carbocycles. The quantitative estimate of drug-likeness (QED) is 0.646. The molecule has 0 aliphatic rings. The highest BCUT2D eigenvalue weighted by atomic mass is 19.1. The number of fused-ring (bicyclic) bond motifs is 1. The SMILES string of the molecule is CC(C)Cn1nc(C(=O)OCC(=O)Nc2ccc(F)cc2)c2ccccc2c1=O. The van der Waals surface area contributed by atoms with E-state index >= 15 is 0 Å². The van der Waals surface area contributed by atoms with Crippen LogP contribution in [-0.2, 0) is 16.1 Å². The van der Waals surface area contributed by atoms with Gasteiger partial charge in [0.25, 0.3) is 11.5 Å². The summed E-state index contributed by atoms with van der Waals surface area (Å²) in [5.41, 5.74) is 0.0526. The summed E-state index contributed by atoms with van der Waals surface area (Å²) >= 11 is 0. The molecule has 8 heteroatoms. The molecule has 1 heterocycles. The Morgan fingerprint density at radius 3 is 2.41 bits per heavy atom. The van der Waals surface area contributed by atoms with E-state index in [-0.39, 0.29) is 17.2 Å². The lowest BCUT2D eigenvalue weighted by Gasteiger charge is -2.12. The van der Waals surface area contributed by atoms with E-state index in [4.69, 9.17) is 4.74 Å². The first-order valence-corrected chi connectivity index (χ1v) is 9.07. The van der Waals surface area contributed by atoms with Gasteiger partial charge in [0.1, 0.15) is 5.82 Å². The number of hydrogen-bond donors (Lipinski definition) is 1. The highest BCUT2D eigenvalue weighted by molar-refractivity contribution is 6.03. The van der Waals surface area contributed by atoms with Crippen LogP contribution in [-0.4, -0.2) is 28.3 Å². The molecule has 7 nitrogen and oxygen atoms in total. The molecular weight excluding hydrogens is 377 g/mol. The van der Waals surface area contributed by atoms with Crippen molar-refractivity contribution < 1.29 is 18.7 Å². The van der Waals surface area contributed by atoms with Crippen molar-refractivity contribution in [2.45, 2.75) is 20.4 Å². The number of halogens is 1. The molecule has 1 aromatic heterocycles. The van der Waals surface area contributed by atoms with Crippen LogP contribution in [0.1, 0.15) is 24.3 Å². The molecule has 3 aromatic rings. The second-order valence-corrected chi connectivity index (χ2v) is 6.91. The van der Waals surface area contributed by atoms with Crippen molar-refractivity contribution in [2.24, 2.45) is 5.92 Å². The van der Waals surface area contributed by atoms with E-state index in [0.717, 1.165) is 0 Å². The molecule has 0 saturated heterocycles. The lowest BCUT2D eigenvalue weighted by atomic mass is 10.1. The summed E-state index contributed by atoms with van der Waals surface area (Å²) in [5, 5.41) is 7.38. The van der Waals surface area contributed by atoms with Crippen LogP contribution in [0.2, 0.25) is 0 Å². The Morgan fingerprint density at radius 1 is 1.10 bits per heavy atom. The molecule has 3 rings (SSSR count). The molecule has 2 aromatic carbocycles. The zero-order valence-corrected chi connectivity index (χ0v) is 16.0. The molecule has 0 fully saturated rings. The van der Waals surface area contributed by atoms with Crippen LogP contribution in [0.5, 0.6) is 0 Å². The van der Waals surface area contributed by atoms with Gasteiger partial charge in [-0.1, -0.05) is 32.0 Å². The molecule has 0 spiro atoms. The lowest BCUT2D eigenvalue weighted by molar-refractivity contribution is -0.119. The van der Waals surface area contributed by atoms with Gasteiger partial charge in [-0.2, -0.15) is 5.10 Å². The molecule has 0 atom stereocenters. The number of carbonyl (C=O) groups excluding carboxylic acids is 2. The maximum Gasteiger partial charge on any atom is 0.359 e. The molecular formula is C21H20FN3O4. The van der Waals surface area contributed by atoms with Crippen LogP contribution in [0, 0.1) is 11.7 Å². The van der Waals surface area contributed by atoms with Gasteiger partial charge in [-0.15, -0.1) is 0 Å². The maximum atomic E-state index is 12.9. The van der Waals surface area contributed by atoms with Gasteiger partial charge in [-0.3, -0.25) is 9.59 Å². The first kappa shape index (κ1) is 20.2. The van der Waals surface area contributed by atoms with Gasteiger partial charge < -0.3 is 10.1 Å². The lowest BCUT2D eigenvalue weighted by Crippen LogP contribution is -2.29. The van der Waals surface area contributed by atoms with Crippen molar-refractivity contribution in [1.82, 2.24) is 9.78 Å². The summed E-state index contributed by atoms with van der Waals surface area (Å²) in [6.07, 6.45) is 0. The second-order valence-electron chi connectivity index (χ2n) is 6.91. The average Bonchev–Trinajstić information content (AvgIpc) is 2.70. The normalized spacial score (nSPS) is 10.9. The Morgan fingerprint density at radius 2 is 1.76 bits per heavy atom. The van der Waals surface area contributed by atoms with Gasteiger partial charge in [0, 0.05) is 17.6 Å². The predicted molar refractivity (Wildman–Crippen MR) is 106 cm³/mol. The third-order valence-corrected chi connectivity index (χ3v) is 4.06. The van der Waals surface area contributed by atoms with Crippen molar-refractivity contribution in [3.8, 4) is 0 Å². The monoisotopic (exact) mass is 397 g/mol. The molecule has 0 radical (unpaired) electrons. The number of aromatic nitrogens is 2. The smallest absolute Gasteiger partial charge is 0.359 e. The van der Waals surface area contributed by atoms with E-state index in [1.165, 1.54) is 28.9 Å². The third kappa shape index (κ3) is 4.84. The highest BCUT2D eigenvalue weighted by Crippen LogP contribution is 2.15. The van der Waals surface area contributed by atoms with E-state index in [2.05, 4.69) is 10.4 Å². The summed E-state index contributed by atoms with van der Waals surface area (Å²) in [6.45, 7) is 3.66. The summed E-state index contributed by atoms with van der Waals surface area (Å²) in [7, 11) is 0. The first-order valence-electron chi connectivity index (χ1n) is 9.07. The molecule has 0 bridgehead atoms. The Bertz CT molecular complexity index is 1110. The van der Waals surface area contributed by atoms with Gasteiger partial charge in [0.05, 0.1) is 5.39 Å². The van der Waals surface area contributed by atoms with Gasteiger partial charge in [-0.05, 0) is 36.2 Å².